The Hall–Kier alpha value is -0.610. The van der Waals surface area contributed by atoms with E-state index < -0.39 is 0 Å². The number of nitrogens with two attached hydrogens (primary N) is 1. The van der Waals surface area contributed by atoms with E-state index in [-0.39, 0.29) is 18.0 Å². The van der Waals surface area contributed by atoms with Crippen molar-refractivity contribution in [3.05, 3.63) is 0 Å². The fourth-order valence-electron chi connectivity index (χ4n) is 2.25. The van der Waals surface area contributed by atoms with Gasteiger partial charge in [-0.15, -0.1) is 0 Å². The van der Waals surface area contributed by atoms with Crippen molar-refractivity contribution in [1.29, 1.82) is 0 Å². The standard InChI is InChI=1S/C12H25N3O/c1-9(2)8-15-7-5-10(3)14-12(16)11(15)4-6-13/h9-11H,4-8,13H2,1-3H3,(H,14,16). The first-order chi connectivity index (χ1) is 7.54. The summed E-state index contributed by atoms with van der Waals surface area (Å²) >= 11 is 0. The number of nitrogens with zero attached hydrogens (tertiary/aromatic N) is 1. The Kier molecular flexibility index (Phi) is 5.22. The second kappa shape index (κ2) is 6.21. The molecule has 94 valence electrons. The summed E-state index contributed by atoms with van der Waals surface area (Å²) in [5, 5.41) is 3.04. The highest BCUT2D eigenvalue weighted by atomic mass is 16.2. The lowest BCUT2D eigenvalue weighted by Gasteiger charge is -2.29. The molecule has 4 heteroatoms. The van der Waals surface area contributed by atoms with Crippen molar-refractivity contribution >= 4 is 5.91 Å². The van der Waals surface area contributed by atoms with E-state index in [9.17, 15) is 4.79 Å². The van der Waals surface area contributed by atoms with E-state index in [2.05, 4.69) is 31.0 Å². The highest BCUT2D eigenvalue weighted by Gasteiger charge is 2.29. The molecule has 2 atom stereocenters. The minimum Gasteiger partial charge on any atom is -0.352 e. The van der Waals surface area contributed by atoms with Crippen molar-refractivity contribution in [2.75, 3.05) is 19.6 Å². The molecule has 1 aliphatic heterocycles. The maximum absolute atomic E-state index is 12.0. The quantitative estimate of drug-likeness (QED) is 0.738. The first-order valence-electron chi connectivity index (χ1n) is 6.29. The molecule has 4 nitrogen and oxygen atoms in total. The second-order valence-electron chi connectivity index (χ2n) is 5.18. The zero-order valence-electron chi connectivity index (χ0n) is 10.7. The van der Waals surface area contributed by atoms with Gasteiger partial charge in [-0.1, -0.05) is 13.8 Å². The number of nitrogens with one attached hydrogen (secondary N) is 1. The molecule has 1 saturated heterocycles. The Morgan fingerprint density at radius 1 is 1.56 bits per heavy atom. The van der Waals surface area contributed by atoms with Crippen LogP contribution in [0.2, 0.25) is 0 Å². The highest BCUT2D eigenvalue weighted by molar-refractivity contribution is 5.82. The summed E-state index contributed by atoms with van der Waals surface area (Å²) in [7, 11) is 0. The molecule has 2 unspecified atom stereocenters. The lowest BCUT2D eigenvalue weighted by Crippen LogP contribution is -2.47. The molecule has 16 heavy (non-hydrogen) atoms. The Balaban J connectivity index is 2.70. The molecule has 0 bridgehead atoms. The van der Waals surface area contributed by atoms with Gasteiger partial charge in [-0.05, 0) is 32.2 Å². The molecule has 1 amide bonds. The van der Waals surface area contributed by atoms with E-state index in [1.807, 2.05) is 0 Å². The van der Waals surface area contributed by atoms with Gasteiger partial charge in [0.2, 0.25) is 5.91 Å². The largest absolute Gasteiger partial charge is 0.352 e. The predicted molar refractivity (Wildman–Crippen MR) is 66.1 cm³/mol. The van der Waals surface area contributed by atoms with Crippen molar-refractivity contribution in [2.45, 2.75) is 45.7 Å². The average molecular weight is 227 g/mol. The van der Waals surface area contributed by atoms with Gasteiger partial charge in [-0.2, -0.15) is 0 Å². The van der Waals surface area contributed by atoms with Crippen LogP contribution in [0.3, 0.4) is 0 Å². The molecule has 0 aromatic rings. The topological polar surface area (TPSA) is 58.4 Å². The maximum atomic E-state index is 12.0. The average Bonchev–Trinajstić information content (AvgIpc) is 2.30. The lowest BCUT2D eigenvalue weighted by atomic mass is 10.1. The summed E-state index contributed by atoms with van der Waals surface area (Å²) in [5.74, 6) is 0.734. The van der Waals surface area contributed by atoms with E-state index in [0.29, 0.717) is 12.5 Å². The Morgan fingerprint density at radius 2 is 2.25 bits per heavy atom. The van der Waals surface area contributed by atoms with Crippen LogP contribution in [0.25, 0.3) is 0 Å². The zero-order chi connectivity index (χ0) is 12.1. The number of carbonyl (C=O) groups excluding carboxylic acids is 1. The Labute approximate surface area is 98.6 Å². The van der Waals surface area contributed by atoms with Gasteiger partial charge in [0.25, 0.3) is 0 Å². The monoisotopic (exact) mass is 227 g/mol. The molecule has 1 heterocycles. The summed E-state index contributed by atoms with van der Waals surface area (Å²) in [6.07, 6.45) is 1.78. The highest BCUT2D eigenvalue weighted by Crippen LogP contribution is 2.13. The van der Waals surface area contributed by atoms with E-state index in [4.69, 9.17) is 5.73 Å². The normalized spacial score (nSPS) is 27.9. The lowest BCUT2D eigenvalue weighted by molar-refractivity contribution is -0.126. The van der Waals surface area contributed by atoms with Gasteiger partial charge >= 0.3 is 0 Å². The first-order valence-corrected chi connectivity index (χ1v) is 6.29. The van der Waals surface area contributed by atoms with Crippen LogP contribution < -0.4 is 11.1 Å². The van der Waals surface area contributed by atoms with Gasteiger partial charge < -0.3 is 11.1 Å². The van der Waals surface area contributed by atoms with Crippen LogP contribution in [-0.4, -0.2) is 42.5 Å². The van der Waals surface area contributed by atoms with E-state index in [1.54, 1.807) is 0 Å². The van der Waals surface area contributed by atoms with E-state index in [0.717, 1.165) is 25.9 Å². The smallest absolute Gasteiger partial charge is 0.237 e. The fraction of sp³-hybridized carbons (Fsp3) is 0.917. The molecule has 0 spiro atoms. The minimum absolute atomic E-state index is 0.0302. The molecule has 1 fully saturated rings. The third-order valence-corrected chi connectivity index (χ3v) is 3.02. The van der Waals surface area contributed by atoms with Gasteiger partial charge in [-0.3, -0.25) is 9.69 Å². The van der Waals surface area contributed by atoms with Crippen molar-refractivity contribution in [2.24, 2.45) is 11.7 Å². The van der Waals surface area contributed by atoms with Crippen LogP contribution in [0.4, 0.5) is 0 Å². The molecule has 0 radical (unpaired) electrons. The summed E-state index contributed by atoms with van der Waals surface area (Å²) < 4.78 is 0. The molecule has 0 aromatic heterocycles. The molecule has 1 rings (SSSR count). The summed E-state index contributed by atoms with van der Waals surface area (Å²) in [6, 6.07) is 0.252. The molecular weight excluding hydrogens is 202 g/mol. The number of rotatable bonds is 4. The van der Waals surface area contributed by atoms with Crippen LogP contribution in [0, 0.1) is 5.92 Å². The Morgan fingerprint density at radius 3 is 2.81 bits per heavy atom. The predicted octanol–water partition coefficient (Wildman–Crippen LogP) is 0.570. The number of carbonyl (C=O) groups is 1. The fourth-order valence-corrected chi connectivity index (χ4v) is 2.25. The second-order valence-corrected chi connectivity index (χ2v) is 5.18. The van der Waals surface area contributed by atoms with Crippen LogP contribution in [0.1, 0.15) is 33.6 Å². The molecule has 0 aliphatic carbocycles. The minimum atomic E-state index is -0.0302. The first kappa shape index (κ1) is 13.5. The van der Waals surface area contributed by atoms with Crippen LogP contribution in [-0.2, 0) is 4.79 Å². The van der Waals surface area contributed by atoms with Crippen LogP contribution >= 0.6 is 0 Å². The van der Waals surface area contributed by atoms with Gasteiger partial charge in [-0.25, -0.2) is 0 Å². The van der Waals surface area contributed by atoms with Gasteiger partial charge in [0.15, 0.2) is 0 Å². The van der Waals surface area contributed by atoms with E-state index >= 15 is 0 Å². The van der Waals surface area contributed by atoms with Crippen LogP contribution in [0.5, 0.6) is 0 Å². The van der Waals surface area contributed by atoms with Crippen molar-refractivity contribution < 1.29 is 4.79 Å². The molecule has 3 N–H and O–H groups in total. The van der Waals surface area contributed by atoms with Crippen LogP contribution in [0.15, 0.2) is 0 Å². The number of hydrogen-bond acceptors (Lipinski definition) is 3. The molecular formula is C12H25N3O. The molecule has 0 aromatic carbocycles. The van der Waals surface area contributed by atoms with Gasteiger partial charge in [0.1, 0.15) is 0 Å². The third kappa shape index (κ3) is 3.76. The summed E-state index contributed by atoms with van der Waals surface area (Å²) in [6.45, 7) is 8.97. The summed E-state index contributed by atoms with van der Waals surface area (Å²) in [4.78, 5) is 14.3. The Bertz CT molecular complexity index is 230. The number of amides is 1. The zero-order valence-corrected chi connectivity index (χ0v) is 10.7. The molecule has 1 aliphatic rings. The van der Waals surface area contributed by atoms with Gasteiger partial charge in [0, 0.05) is 19.1 Å². The van der Waals surface area contributed by atoms with Gasteiger partial charge in [0.05, 0.1) is 6.04 Å². The van der Waals surface area contributed by atoms with Crippen molar-refractivity contribution in [1.82, 2.24) is 10.2 Å². The SMILES string of the molecule is CC(C)CN1CCC(C)NC(=O)C1CCN. The maximum Gasteiger partial charge on any atom is 0.237 e. The van der Waals surface area contributed by atoms with E-state index in [1.165, 1.54) is 0 Å². The van der Waals surface area contributed by atoms with Crippen molar-refractivity contribution in [3.63, 3.8) is 0 Å². The third-order valence-electron chi connectivity index (χ3n) is 3.02. The summed E-state index contributed by atoms with van der Waals surface area (Å²) in [5.41, 5.74) is 5.59. The molecule has 0 saturated carbocycles. The van der Waals surface area contributed by atoms with Crippen molar-refractivity contribution in [3.8, 4) is 0 Å². The number of hydrogen-bond donors (Lipinski definition) is 2.